The van der Waals surface area contributed by atoms with Crippen molar-refractivity contribution in [1.29, 1.82) is 0 Å². The molecule has 0 radical (unpaired) electrons. The molecule has 1 fully saturated rings. The molecule has 1 aliphatic rings. The molecule has 1 rings (SSSR count). The molecule has 0 aliphatic heterocycles. The molecule has 0 aromatic rings. The number of allylic oxidation sites excluding steroid dienone is 6. The summed E-state index contributed by atoms with van der Waals surface area (Å²) in [5.41, 5.74) is -0.609. The molecule has 0 bridgehead atoms. The number of esters is 1. The van der Waals surface area contributed by atoms with Crippen LogP contribution < -0.4 is 0 Å². The first-order valence-electron chi connectivity index (χ1n) is 8.31. The van der Waals surface area contributed by atoms with Crippen LogP contribution in [0.25, 0.3) is 0 Å². The fourth-order valence-corrected chi connectivity index (χ4v) is 2.23. The minimum Gasteiger partial charge on any atom is -0.469 e. The highest BCUT2D eigenvalue weighted by Gasteiger charge is 2.30. The fraction of sp³-hybridized carbons (Fsp3) is 0.550. The summed E-state index contributed by atoms with van der Waals surface area (Å²) in [6, 6.07) is 0. The third kappa shape index (κ3) is 10.0. The summed E-state index contributed by atoms with van der Waals surface area (Å²) in [6.45, 7) is 0. The highest BCUT2D eigenvalue weighted by atomic mass is 16.5. The SMILES string of the molecule is C.COC(=O)CCC[C@H](O)[C@H](O)/C=C/C=C/C=C\C=C\C1(O)CCC1. The van der Waals surface area contributed by atoms with Gasteiger partial charge in [-0.05, 0) is 32.1 Å². The van der Waals surface area contributed by atoms with E-state index in [4.69, 9.17) is 0 Å². The standard InChI is InChI=1S/C19H28O5.CH4/c1-24-18(22)12-8-11-17(21)16(20)10-6-4-2-3-5-7-13-19(23)14-9-15-19;/h2-7,10,13,16-17,20-21,23H,8-9,11-12,14-15H2,1H3;1H4/b4-2+,5-3-,10-6+,13-7+;/t16-,17+;/m1./s1. The second-order valence-corrected chi connectivity index (χ2v) is 6.00. The number of hydrogen-bond donors (Lipinski definition) is 3. The van der Waals surface area contributed by atoms with Gasteiger partial charge in [0.05, 0.1) is 24.9 Å². The molecule has 0 spiro atoms. The van der Waals surface area contributed by atoms with Gasteiger partial charge < -0.3 is 20.1 Å². The lowest BCUT2D eigenvalue weighted by atomic mass is 9.80. The van der Waals surface area contributed by atoms with Gasteiger partial charge in [0.25, 0.3) is 0 Å². The fourth-order valence-electron chi connectivity index (χ4n) is 2.23. The summed E-state index contributed by atoms with van der Waals surface area (Å²) >= 11 is 0. The zero-order chi connectivity index (χ0) is 17.8. The normalized spacial score (nSPS) is 19.2. The van der Waals surface area contributed by atoms with Gasteiger partial charge in [0, 0.05) is 6.42 Å². The molecular formula is C20H32O5. The molecule has 3 N–H and O–H groups in total. The van der Waals surface area contributed by atoms with Crippen molar-refractivity contribution in [2.24, 2.45) is 0 Å². The molecule has 0 unspecified atom stereocenters. The van der Waals surface area contributed by atoms with E-state index in [1.807, 2.05) is 24.3 Å². The molecule has 0 amide bonds. The molecule has 1 saturated carbocycles. The van der Waals surface area contributed by atoms with E-state index in [1.54, 1.807) is 18.2 Å². The number of rotatable bonds is 10. The van der Waals surface area contributed by atoms with Crippen LogP contribution in [0.4, 0.5) is 0 Å². The lowest BCUT2D eigenvalue weighted by Crippen LogP contribution is -2.33. The summed E-state index contributed by atoms with van der Waals surface area (Å²) in [7, 11) is 1.32. The highest BCUT2D eigenvalue weighted by molar-refractivity contribution is 5.68. The molecule has 25 heavy (non-hydrogen) atoms. The predicted molar refractivity (Wildman–Crippen MR) is 100.0 cm³/mol. The van der Waals surface area contributed by atoms with Crippen LogP contribution in [0, 0.1) is 0 Å². The summed E-state index contributed by atoms with van der Waals surface area (Å²) in [4.78, 5) is 10.9. The van der Waals surface area contributed by atoms with Crippen LogP contribution in [0.1, 0.15) is 46.0 Å². The quantitative estimate of drug-likeness (QED) is 0.416. The minimum atomic E-state index is -0.968. The lowest BCUT2D eigenvalue weighted by Gasteiger charge is -2.33. The number of aliphatic hydroxyl groups excluding tert-OH is 2. The summed E-state index contributed by atoms with van der Waals surface area (Å²) in [5.74, 6) is -0.319. The first-order valence-corrected chi connectivity index (χ1v) is 8.31. The van der Waals surface area contributed by atoms with Crippen molar-refractivity contribution in [3.8, 4) is 0 Å². The third-order valence-electron chi connectivity index (χ3n) is 3.99. The van der Waals surface area contributed by atoms with Crippen molar-refractivity contribution in [3.05, 3.63) is 48.6 Å². The van der Waals surface area contributed by atoms with E-state index in [1.165, 1.54) is 13.2 Å². The molecule has 0 saturated heterocycles. The number of aliphatic hydroxyl groups is 3. The Morgan fingerprint density at radius 2 is 1.72 bits per heavy atom. The molecule has 1 aliphatic carbocycles. The minimum absolute atomic E-state index is 0. The monoisotopic (exact) mass is 352 g/mol. The van der Waals surface area contributed by atoms with Crippen molar-refractivity contribution in [3.63, 3.8) is 0 Å². The molecule has 5 heteroatoms. The Morgan fingerprint density at radius 1 is 1.12 bits per heavy atom. The van der Waals surface area contributed by atoms with Crippen LogP contribution in [0.3, 0.4) is 0 Å². The Balaban J connectivity index is 0.00000576. The molecule has 0 aromatic heterocycles. The Bertz CT molecular complexity index is 486. The maximum Gasteiger partial charge on any atom is 0.305 e. The van der Waals surface area contributed by atoms with Crippen molar-refractivity contribution in [1.82, 2.24) is 0 Å². The van der Waals surface area contributed by atoms with Gasteiger partial charge in [0.15, 0.2) is 0 Å². The van der Waals surface area contributed by atoms with Crippen LogP contribution in [0.2, 0.25) is 0 Å². The van der Waals surface area contributed by atoms with Gasteiger partial charge in [0.1, 0.15) is 0 Å². The Kier molecular flexibility index (Phi) is 11.8. The zero-order valence-electron chi connectivity index (χ0n) is 14.2. The van der Waals surface area contributed by atoms with Crippen molar-refractivity contribution < 1.29 is 24.9 Å². The molecule has 5 nitrogen and oxygen atoms in total. The number of carbonyl (C=O) groups is 1. The van der Waals surface area contributed by atoms with Gasteiger partial charge in [-0.2, -0.15) is 0 Å². The van der Waals surface area contributed by atoms with Crippen LogP contribution in [-0.4, -0.2) is 46.2 Å². The summed E-state index contributed by atoms with van der Waals surface area (Å²) < 4.78 is 4.51. The van der Waals surface area contributed by atoms with E-state index in [2.05, 4.69) is 4.74 Å². The Labute approximate surface area is 151 Å². The first-order chi connectivity index (χ1) is 11.5. The van der Waals surface area contributed by atoms with Gasteiger partial charge in [-0.3, -0.25) is 4.79 Å². The number of carbonyl (C=O) groups excluding carboxylic acids is 1. The van der Waals surface area contributed by atoms with E-state index in [0.29, 0.717) is 12.8 Å². The second-order valence-electron chi connectivity index (χ2n) is 6.00. The average molecular weight is 352 g/mol. The van der Waals surface area contributed by atoms with Crippen LogP contribution in [0.15, 0.2) is 48.6 Å². The summed E-state index contributed by atoms with van der Waals surface area (Å²) in [6.07, 6.45) is 15.9. The first kappa shape index (κ1) is 23.3. The largest absolute Gasteiger partial charge is 0.469 e. The van der Waals surface area contributed by atoms with Crippen molar-refractivity contribution >= 4 is 5.97 Å². The smallest absolute Gasteiger partial charge is 0.305 e. The maximum atomic E-state index is 10.9. The molecule has 142 valence electrons. The van der Waals surface area contributed by atoms with Gasteiger partial charge in [-0.15, -0.1) is 0 Å². The van der Waals surface area contributed by atoms with Gasteiger partial charge in [-0.25, -0.2) is 0 Å². The van der Waals surface area contributed by atoms with Crippen molar-refractivity contribution in [2.45, 2.75) is 63.8 Å². The number of methoxy groups -OCH3 is 1. The van der Waals surface area contributed by atoms with Crippen molar-refractivity contribution in [2.75, 3.05) is 7.11 Å². The van der Waals surface area contributed by atoms with Gasteiger partial charge in [-0.1, -0.05) is 56.0 Å². The van der Waals surface area contributed by atoms with Crippen LogP contribution in [0.5, 0.6) is 0 Å². The molecular weight excluding hydrogens is 320 g/mol. The van der Waals surface area contributed by atoms with Crippen LogP contribution in [-0.2, 0) is 9.53 Å². The van der Waals surface area contributed by atoms with E-state index in [9.17, 15) is 20.1 Å². The van der Waals surface area contributed by atoms with E-state index < -0.39 is 17.8 Å². The predicted octanol–water partition coefficient (Wildman–Crippen LogP) is 2.83. The molecule has 0 aromatic carbocycles. The van der Waals surface area contributed by atoms with Crippen LogP contribution >= 0.6 is 0 Å². The summed E-state index contributed by atoms with van der Waals surface area (Å²) in [5, 5.41) is 29.4. The maximum absolute atomic E-state index is 10.9. The molecule has 0 heterocycles. The Hall–Kier alpha value is -1.69. The second kappa shape index (κ2) is 12.6. The van der Waals surface area contributed by atoms with E-state index >= 15 is 0 Å². The average Bonchev–Trinajstić information content (AvgIpc) is 2.54. The number of ether oxygens (including phenoxy) is 1. The zero-order valence-corrected chi connectivity index (χ0v) is 14.2. The third-order valence-corrected chi connectivity index (χ3v) is 3.99. The van der Waals surface area contributed by atoms with Gasteiger partial charge >= 0.3 is 5.97 Å². The topological polar surface area (TPSA) is 87.0 Å². The van der Waals surface area contributed by atoms with Gasteiger partial charge in [0.2, 0.25) is 0 Å². The molecule has 2 atom stereocenters. The van der Waals surface area contributed by atoms with E-state index in [-0.39, 0.29) is 19.8 Å². The van der Waals surface area contributed by atoms with E-state index in [0.717, 1.165) is 19.3 Å². The lowest BCUT2D eigenvalue weighted by molar-refractivity contribution is -0.140. The Morgan fingerprint density at radius 3 is 2.28 bits per heavy atom. The highest BCUT2D eigenvalue weighted by Crippen LogP contribution is 2.32. The number of hydrogen-bond acceptors (Lipinski definition) is 5.